The number of hydrogen-bond acceptors (Lipinski definition) is 3. The van der Waals surface area contributed by atoms with E-state index >= 15 is 0 Å². The number of carboxylic acids is 1. The predicted molar refractivity (Wildman–Crippen MR) is 69.5 cm³/mol. The van der Waals surface area contributed by atoms with Crippen LogP contribution in [-0.2, 0) is 4.79 Å². The topological polar surface area (TPSA) is 77.8 Å². The summed E-state index contributed by atoms with van der Waals surface area (Å²) in [5, 5.41) is 19.2. The van der Waals surface area contributed by atoms with Gasteiger partial charge in [0, 0.05) is 28.6 Å². The van der Waals surface area contributed by atoms with Crippen molar-refractivity contribution in [1.82, 2.24) is 4.90 Å². The van der Waals surface area contributed by atoms with Crippen LogP contribution in [0.5, 0.6) is 0 Å². The van der Waals surface area contributed by atoms with Crippen molar-refractivity contribution in [1.29, 1.82) is 0 Å². The van der Waals surface area contributed by atoms with Gasteiger partial charge in [0.15, 0.2) is 0 Å². The fourth-order valence-electron chi connectivity index (χ4n) is 2.12. The number of carbonyl (C=O) groups is 2. The molecule has 1 saturated heterocycles. The highest BCUT2D eigenvalue weighted by Crippen LogP contribution is 2.24. The molecule has 0 aromatic heterocycles. The molecule has 0 bridgehead atoms. The first kappa shape index (κ1) is 14.1. The number of carbonyl (C=O) groups excluding carboxylic acids is 1. The van der Waals surface area contributed by atoms with Gasteiger partial charge >= 0.3 is 5.97 Å². The second kappa shape index (κ2) is 5.36. The molecular formula is C12H11Cl2NO4. The Labute approximate surface area is 119 Å². The molecule has 2 N–H and O–H groups in total. The van der Waals surface area contributed by atoms with Crippen molar-refractivity contribution >= 4 is 35.1 Å². The number of carboxylic acid groups (broad SMARTS) is 1. The van der Waals surface area contributed by atoms with E-state index in [1.807, 2.05) is 0 Å². The van der Waals surface area contributed by atoms with Gasteiger partial charge in [-0.1, -0.05) is 23.2 Å². The molecular weight excluding hydrogens is 293 g/mol. The lowest BCUT2D eigenvalue weighted by atomic mass is 10.1. The highest BCUT2D eigenvalue weighted by atomic mass is 35.5. The van der Waals surface area contributed by atoms with Crippen LogP contribution in [0.3, 0.4) is 0 Å². The molecule has 102 valence electrons. The Kier molecular flexibility index (Phi) is 3.99. The van der Waals surface area contributed by atoms with E-state index in [0.29, 0.717) is 10.0 Å². The van der Waals surface area contributed by atoms with Crippen LogP contribution in [0.4, 0.5) is 0 Å². The quantitative estimate of drug-likeness (QED) is 0.871. The Balaban J connectivity index is 2.30. The number of likely N-dealkylation sites (tertiary alicyclic amines) is 1. The van der Waals surface area contributed by atoms with Crippen molar-refractivity contribution in [2.45, 2.75) is 18.6 Å². The highest BCUT2D eigenvalue weighted by Gasteiger charge is 2.39. The summed E-state index contributed by atoms with van der Waals surface area (Å²) in [7, 11) is 0. The first-order chi connectivity index (χ1) is 8.88. The second-order valence-electron chi connectivity index (χ2n) is 4.36. The smallest absolute Gasteiger partial charge is 0.326 e. The van der Waals surface area contributed by atoms with Crippen LogP contribution in [-0.4, -0.2) is 45.7 Å². The molecule has 19 heavy (non-hydrogen) atoms. The first-order valence-corrected chi connectivity index (χ1v) is 6.32. The Morgan fingerprint density at radius 2 is 1.79 bits per heavy atom. The number of β-amino-alcohol motifs (C(OH)–C–C–N with tert-alkyl or cyclic N) is 1. The molecule has 0 saturated carbocycles. The van der Waals surface area contributed by atoms with Gasteiger partial charge in [0.1, 0.15) is 6.04 Å². The average Bonchev–Trinajstić information content (AvgIpc) is 2.69. The monoisotopic (exact) mass is 303 g/mol. The van der Waals surface area contributed by atoms with Crippen LogP contribution in [0, 0.1) is 0 Å². The van der Waals surface area contributed by atoms with Crippen LogP contribution in [0.2, 0.25) is 10.0 Å². The molecule has 1 aliphatic heterocycles. The van der Waals surface area contributed by atoms with Gasteiger partial charge < -0.3 is 15.1 Å². The molecule has 1 amide bonds. The van der Waals surface area contributed by atoms with E-state index in [4.69, 9.17) is 28.3 Å². The fourth-order valence-corrected chi connectivity index (χ4v) is 2.64. The third kappa shape index (κ3) is 3.00. The lowest BCUT2D eigenvalue weighted by molar-refractivity contribution is -0.141. The number of rotatable bonds is 2. The predicted octanol–water partition coefficient (Wildman–Crippen LogP) is 1.65. The minimum absolute atomic E-state index is 0.0140. The molecule has 0 aliphatic carbocycles. The summed E-state index contributed by atoms with van der Waals surface area (Å²) in [6.07, 6.45) is -0.810. The summed E-state index contributed by atoms with van der Waals surface area (Å²) < 4.78 is 0. The number of hydrogen-bond donors (Lipinski definition) is 2. The van der Waals surface area contributed by atoms with E-state index in [-0.39, 0.29) is 18.5 Å². The van der Waals surface area contributed by atoms with Crippen molar-refractivity contribution in [3.05, 3.63) is 33.8 Å². The molecule has 1 aromatic rings. The average molecular weight is 304 g/mol. The maximum absolute atomic E-state index is 12.2. The standard InChI is InChI=1S/C12H11Cl2NO4/c13-7-1-6(2-8(14)3-7)11(17)15-5-9(16)4-10(15)12(18)19/h1-3,9-10,16H,4-5H2,(H,18,19)/t9-,10-/m1/s1. The number of aliphatic hydroxyl groups is 1. The van der Waals surface area contributed by atoms with Gasteiger partial charge in [0.05, 0.1) is 6.10 Å². The van der Waals surface area contributed by atoms with Crippen molar-refractivity contribution in [2.24, 2.45) is 0 Å². The van der Waals surface area contributed by atoms with E-state index in [2.05, 4.69) is 0 Å². The molecule has 0 spiro atoms. The highest BCUT2D eigenvalue weighted by molar-refractivity contribution is 6.35. The third-order valence-corrected chi connectivity index (χ3v) is 3.37. The van der Waals surface area contributed by atoms with Crippen molar-refractivity contribution in [3.8, 4) is 0 Å². The largest absolute Gasteiger partial charge is 0.480 e. The van der Waals surface area contributed by atoms with Gasteiger partial charge in [-0.2, -0.15) is 0 Å². The number of nitrogens with zero attached hydrogens (tertiary/aromatic N) is 1. The van der Waals surface area contributed by atoms with Crippen LogP contribution in [0.15, 0.2) is 18.2 Å². The lowest BCUT2D eigenvalue weighted by Gasteiger charge is -2.21. The molecule has 0 unspecified atom stereocenters. The summed E-state index contributed by atoms with van der Waals surface area (Å²) in [6, 6.07) is 3.28. The Morgan fingerprint density at radius 3 is 2.32 bits per heavy atom. The zero-order chi connectivity index (χ0) is 14.2. The van der Waals surface area contributed by atoms with E-state index in [1.54, 1.807) is 0 Å². The molecule has 1 fully saturated rings. The summed E-state index contributed by atoms with van der Waals surface area (Å²) in [6.45, 7) is -0.0140. The number of amides is 1. The minimum Gasteiger partial charge on any atom is -0.480 e. The van der Waals surface area contributed by atoms with Crippen molar-refractivity contribution in [2.75, 3.05) is 6.54 Å². The SMILES string of the molecule is O=C(O)[C@H]1C[C@@H](O)CN1C(=O)c1cc(Cl)cc(Cl)c1. The lowest BCUT2D eigenvalue weighted by Crippen LogP contribution is -2.40. The maximum Gasteiger partial charge on any atom is 0.326 e. The van der Waals surface area contributed by atoms with Crippen LogP contribution < -0.4 is 0 Å². The summed E-state index contributed by atoms with van der Waals surface area (Å²) >= 11 is 11.6. The van der Waals surface area contributed by atoms with Crippen LogP contribution >= 0.6 is 23.2 Å². The van der Waals surface area contributed by atoms with Gasteiger partial charge in [-0.05, 0) is 18.2 Å². The van der Waals surface area contributed by atoms with Crippen molar-refractivity contribution < 1.29 is 19.8 Å². The number of halogens is 2. The van der Waals surface area contributed by atoms with Gasteiger partial charge in [0.25, 0.3) is 5.91 Å². The third-order valence-electron chi connectivity index (χ3n) is 2.93. The van der Waals surface area contributed by atoms with Gasteiger partial charge in [-0.15, -0.1) is 0 Å². The van der Waals surface area contributed by atoms with Gasteiger partial charge in [-0.3, -0.25) is 4.79 Å². The first-order valence-electron chi connectivity index (χ1n) is 5.56. The van der Waals surface area contributed by atoms with Gasteiger partial charge in [-0.25, -0.2) is 4.79 Å². The number of benzene rings is 1. The van der Waals surface area contributed by atoms with Gasteiger partial charge in [0.2, 0.25) is 0 Å². The Morgan fingerprint density at radius 1 is 1.21 bits per heavy atom. The molecule has 5 nitrogen and oxygen atoms in total. The summed E-state index contributed by atoms with van der Waals surface area (Å²) in [4.78, 5) is 24.4. The maximum atomic E-state index is 12.2. The zero-order valence-corrected chi connectivity index (χ0v) is 11.2. The van der Waals surface area contributed by atoms with E-state index in [0.717, 1.165) is 4.90 Å². The second-order valence-corrected chi connectivity index (χ2v) is 5.23. The molecule has 1 heterocycles. The molecule has 7 heteroatoms. The minimum atomic E-state index is -1.14. The molecule has 1 aromatic carbocycles. The molecule has 0 radical (unpaired) electrons. The van der Waals surface area contributed by atoms with E-state index in [1.165, 1.54) is 18.2 Å². The normalized spacial score (nSPS) is 22.6. The number of aliphatic carboxylic acids is 1. The zero-order valence-electron chi connectivity index (χ0n) is 9.72. The van der Waals surface area contributed by atoms with E-state index in [9.17, 15) is 14.7 Å². The van der Waals surface area contributed by atoms with E-state index < -0.39 is 24.0 Å². The van der Waals surface area contributed by atoms with Crippen LogP contribution in [0.1, 0.15) is 16.8 Å². The van der Waals surface area contributed by atoms with Crippen molar-refractivity contribution in [3.63, 3.8) is 0 Å². The fraction of sp³-hybridized carbons (Fsp3) is 0.333. The summed E-state index contributed by atoms with van der Waals surface area (Å²) in [5.74, 6) is -1.65. The molecule has 1 aliphatic rings. The van der Waals surface area contributed by atoms with Crippen LogP contribution in [0.25, 0.3) is 0 Å². The molecule has 2 rings (SSSR count). The Bertz CT molecular complexity index is 514. The molecule has 2 atom stereocenters. The summed E-state index contributed by atoms with van der Waals surface area (Å²) in [5.41, 5.74) is 0.206. The Hall–Kier alpha value is -1.30. The number of aliphatic hydroxyl groups excluding tert-OH is 1.